The SMILES string of the molecule is CCc1nnc(CN[C@H]2CCCC[C@H]2n2cccn2)o1. The van der Waals surface area contributed by atoms with Gasteiger partial charge in [0.2, 0.25) is 11.8 Å². The van der Waals surface area contributed by atoms with Gasteiger partial charge in [-0.05, 0) is 18.9 Å². The van der Waals surface area contributed by atoms with Gasteiger partial charge in [0.1, 0.15) is 0 Å². The van der Waals surface area contributed by atoms with Crippen LogP contribution in [0.2, 0.25) is 0 Å². The Morgan fingerprint density at radius 1 is 1.30 bits per heavy atom. The van der Waals surface area contributed by atoms with Crippen molar-refractivity contribution in [3.8, 4) is 0 Å². The number of aromatic nitrogens is 4. The fourth-order valence-electron chi connectivity index (χ4n) is 2.86. The summed E-state index contributed by atoms with van der Waals surface area (Å²) in [6, 6.07) is 2.82. The molecule has 0 amide bonds. The molecule has 6 nitrogen and oxygen atoms in total. The zero-order valence-corrected chi connectivity index (χ0v) is 11.8. The van der Waals surface area contributed by atoms with Crippen molar-refractivity contribution in [1.82, 2.24) is 25.3 Å². The van der Waals surface area contributed by atoms with Gasteiger partial charge in [0, 0.05) is 24.9 Å². The van der Waals surface area contributed by atoms with Crippen molar-refractivity contribution >= 4 is 0 Å². The van der Waals surface area contributed by atoms with Crippen molar-refractivity contribution in [3.05, 3.63) is 30.2 Å². The van der Waals surface area contributed by atoms with Gasteiger partial charge in [-0.2, -0.15) is 5.10 Å². The highest BCUT2D eigenvalue weighted by atomic mass is 16.4. The van der Waals surface area contributed by atoms with E-state index in [0.29, 0.717) is 30.4 Å². The van der Waals surface area contributed by atoms with Gasteiger partial charge in [0.25, 0.3) is 0 Å². The van der Waals surface area contributed by atoms with E-state index in [9.17, 15) is 0 Å². The number of nitrogens with one attached hydrogen (secondary N) is 1. The maximum atomic E-state index is 5.54. The smallest absolute Gasteiger partial charge is 0.230 e. The summed E-state index contributed by atoms with van der Waals surface area (Å²) in [5, 5.41) is 16.0. The van der Waals surface area contributed by atoms with E-state index in [1.54, 1.807) is 0 Å². The molecule has 1 fully saturated rings. The molecule has 108 valence electrons. The third-order valence-electron chi connectivity index (χ3n) is 3.92. The van der Waals surface area contributed by atoms with Crippen LogP contribution in [0.15, 0.2) is 22.9 Å². The molecule has 2 heterocycles. The van der Waals surface area contributed by atoms with E-state index in [1.165, 1.54) is 25.7 Å². The highest BCUT2D eigenvalue weighted by Crippen LogP contribution is 2.28. The molecule has 3 rings (SSSR count). The Hall–Kier alpha value is -1.69. The third-order valence-corrected chi connectivity index (χ3v) is 3.92. The quantitative estimate of drug-likeness (QED) is 0.905. The summed E-state index contributed by atoms with van der Waals surface area (Å²) in [6.07, 6.45) is 9.54. The molecule has 0 saturated heterocycles. The van der Waals surface area contributed by atoms with Gasteiger partial charge >= 0.3 is 0 Å². The predicted octanol–water partition coefficient (Wildman–Crippen LogP) is 2.10. The molecular formula is C14H21N5O. The van der Waals surface area contributed by atoms with Crippen molar-refractivity contribution in [1.29, 1.82) is 0 Å². The minimum atomic E-state index is 0.417. The lowest BCUT2D eigenvalue weighted by atomic mass is 9.90. The number of hydrogen-bond acceptors (Lipinski definition) is 5. The molecule has 1 aliphatic carbocycles. The lowest BCUT2D eigenvalue weighted by molar-refractivity contribution is 0.239. The molecule has 2 aromatic heterocycles. The van der Waals surface area contributed by atoms with Crippen molar-refractivity contribution in [2.75, 3.05) is 0 Å². The van der Waals surface area contributed by atoms with Crippen LogP contribution in [0.3, 0.4) is 0 Å². The monoisotopic (exact) mass is 275 g/mol. The molecule has 0 spiro atoms. The summed E-state index contributed by atoms with van der Waals surface area (Å²) < 4.78 is 7.61. The fourth-order valence-corrected chi connectivity index (χ4v) is 2.86. The van der Waals surface area contributed by atoms with Gasteiger partial charge in [0.15, 0.2) is 0 Å². The average molecular weight is 275 g/mol. The van der Waals surface area contributed by atoms with Gasteiger partial charge < -0.3 is 9.73 Å². The molecule has 20 heavy (non-hydrogen) atoms. The summed E-state index contributed by atoms with van der Waals surface area (Å²) in [4.78, 5) is 0. The summed E-state index contributed by atoms with van der Waals surface area (Å²) in [5.74, 6) is 1.38. The topological polar surface area (TPSA) is 68.8 Å². The van der Waals surface area contributed by atoms with Crippen LogP contribution < -0.4 is 5.32 Å². The van der Waals surface area contributed by atoms with E-state index in [2.05, 4.69) is 25.3 Å². The number of hydrogen-bond donors (Lipinski definition) is 1. The Morgan fingerprint density at radius 3 is 2.90 bits per heavy atom. The molecule has 0 radical (unpaired) electrons. The molecule has 1 saturated carbocycles. The van der Waals surface area contributed by atoms with E-state index >= 15 is 0 Å². The van der Waals surface area contributed by atoms with Crippen LogP contribution in [-0.4, -0.2) is 26.0 Å². The van der Waals surface area contributed by atoms with Crippen molar-refractivity contribution in [3.63, 3.8) is 0 Å². The van der Waals surface area contributed by atoms with E-state index < -0.39 is 0 Å². The first kappa shape index (κ1) is 13.3. The molecule has 1 N–H and O–H groups in total. The van der Waals surface area contributed by atoms with Crippen LogP contribution in [0, 0.1) is 0 Å². The van der Waals surface area contributed by atoms with Crippen molar-refractivity contribution < 1.29 is 4.42 Å². The summed E-state index contributed by atoms with van der Waals surface area (Å²) in [7, 11) is 0. The van der Waals surface area contributed by atoms with Crippen LogP contribution in [-0.2, 0) is 13.0 Å². The van der Waals surface area contributed by atoms with E-state index in [1.807, 2.05) is 25.4 Å². The molecule has 0 aliphatic heterocycles. The van der Waals surface area contributed by atoms with Gasteiger partial charge in [-0.15, -0.1) is 10.2 Å². The van der Waals surface area contributed by atoms with E-state index in [0.717, 1.165) is 6.42 Å². The van der Waals surface area contributed by atoms with E-state index in [-0.39, 0.29) is 0 Å². The Labute approximate surface area is 118 Å². The normalized spacial score (nSPS) is 23.1. The maximum Gasteiger partial charge on any atom is 0.230 e. The minimum Gasteiger partial charge on any atom is -0.424 e. The summed E-state index contributed by atoms with van der Waals surface area (Å²) in [6.45, 7) is 2.65. The largest absolute Gasteiger partial charge is 0.424 e. The average Bonchev–Trinajstić information content (AvgIpc) is 3.17. The zero-order chi connectivity index (χ0) is 13.8. The van der Waals surface area contributed by atoms with Crippen LogP contribution >= 0.6 is 0 Å². The number of rotatable bonds is 5. The second kappa shape index (κ2) is 6.17. The molecule has 2 aromatic rings. The van der Waals surface area contributed by atoms with Crippen LogP contribution in [0.4, 0.5) is 0 Å². The minimum absolute atomic E-state index is 0.417. The highest BCUT2D eigenvalue weighted by Gasteiger charge is 2.26. The number of nitrogens with zero attached hydrogens (tertiary/aromatic N) is 4. The van der Waals surface area contributed by atoms with E-state index in [4.69, 9.17) is 4.42 Å². The van der Waals surface area contributed by atoms with Crippen molar-refractivity contribution in [2.24, 2.45) is 0 Å². The highest BCUT2D eigenvalue weighted by molar-refractivity contribution is 4.90. The molecule has 0 aromatic carbocycles. The van der Waals surface area contributed by atoms with Crippen LogP contribution in [0.25, 0.3) is 0 Å². The van der Waals surface area contributed by atoms with Gasteiger partial charge in [-0.1, -0.05) is 19.8 Å². The Kier molecular flexibility index (Phi) is 4.11. The summed E-state index contributed by atoms with van der Waals surface area (Å²) in [5.41, 5.74) is 0. The van der Waals surface area contributed by atoms with Gasteiger partial charge in [0.05, 0.1) is 12.6 Å². The Morgan fingerprint density at radius 2 is 2.15 bits per heavy atom. The van der Waals surface area contributed by atoms with Crippen LogP contribution in [0.1, 0.15) is 50.4 Å². The fraction of sp³-hybridized carbons (Fsp3) is 0.643. The molecule has 6 heteroatoms. The lowest BCUT2D eigenvalue weighted by Crippen LogP contribution is -2.39. The number of aryl methyl sites for hydroxylation is 1. The van der Waals surface area contributed by atoms with Gasteiger partial charge in [-0.3, -0.25) is 4.68 Å². The maximum absolute atomic E-state index is 5.54. The van der Waals surface area contributed by atoms with Crippen molar-refractivity contribution in [2.45, 2.75) is 57.7 Å². The summed E-state index contributed by atoms with van der Waals surface area (Å²) >= 11 is 0. The Balaban J connectivity index is 1.62. The molecule has 2 atom stereocenters. The first-order chi connectivity index (χ1) is 9.86. The molecule has 1 aliphatic rings. The second-order valence-corrected chi connectivity index (χ2v) is 5.27. The van der Waals surface area contributed by atoms with Crippen LogP contribution in [0.5, 0.6) is 0 Å². The zero-order valence-electron chi connectivity index (χ0n) is 11.8. The molecule has 0 unspecified atom stereocenters. The Bertz CT molecular complexity index is 521. The predicted molar refractivity (Wildman–Crippen MR) is 74.0 cm³/mol. The van der Waals surface area contributed by atoms with Gasteiger partial charge in [-0.25, -0.2) is 0 Å². The standard InChI is InChI=1S/C14H21N5O/c1-2-13-17-18-14(20-13)10-15-11-6-3-4-7-12(11)19-9-5-8-16-19/h5,8-9,11-12,15H,2-4,6-7,10H2,1H3/t11-,12+/m0/s1. The molecule has 0 bridgehead atoms. The second-order valence-electron chi connectivity index (χ2n) is 5.27. The first-order valence-electron chi connectivity index (χ1n) is 7.40. The third kappa shape index (κ3) is 2.90. The molecular weight excluding hydrogens is 254 g/mol. The lowest BCUT2D eigenvalue weighted by Gasteiger charge is -2.32. The first-order valence-corrected chi connectivity index (χ1v) is 7.40.